The molecule has 0 amide bonds. The lowest BCUT2D eigenvalue weighted by Crippen LogP contribution is -2.34. The molecule has 1 aliphatic carbocycles. The van der Waals surface area contributed by atoms with E-state index in [0.29, 0.717) is 17.5 Å². The molecule has 1 aliphatic rings. The summed E-state index contributed by atoms with van der Waals surface area (Å²) in [5.41, 5.74) is 0. The zero-order chi connectivity index (χ0) is 11.8. The van der Waals surface area contributed by atoms with Crippen molar-refractivity contribution in [2.24, 2.45) is 0 Å². The minimum Gasteiger partial charge on any atom is -0.391 e. The number of nitrogens with one attached hydrogen (secondary N) is 1. The molecular formula is C12H25NO2S. The van der Waals surface area contributed by atoms with Crippen molar-refractivity contribution in [3.8, 4) is 0 Å². The Bertz CT molecular complexity index is 205. The maximum Gasteiger partial charge on any atom is 0.0779 e. The molecule has 0 spiro atoms. The molecule has 0 aromatic rings. The van der Waals surface area contributed by atoms with Crippen molar-refractivity contribution >= 4 is 10.8 Å². The van der Waals surface area contributed by atoms with Gasteiger partial charge in [-0.05, 0) is 25.8 Å². The molecule has 2 atom stereocenters. The molecule has 1 fully saturated rings. The molecule has 1 rings (SSSR count). The summed E-state index contributed by atoms with van der Waals surface area (Å²) in [5, 5.41) is 13.2. The van der Waals surface area contributed by atoms with Crippen molar-refractivity contribution < 1.29 is 9.32 Å². The highest BCUT2D eigenvalue weighted by atomic mass is 32.2. The fraction of sp³-hybridized carbons (Fsp3) is 1.00. The van der Waals surface area contributed by atoms with E-state index in [-0.39, 0.29) is 0 Å². The van der Waals surface area contributed by atoms with Crippen molar-refractivity contribution in [1.29, 1.82) is 0 Å². The van der Waals surface area contributed by atoms with Gasteiger partial charge in [0.1, 0.15) is 0 Å². The van der Waals surface area contributed by atoms with E-state index in [9.17, 15) is 9.32 Å². The Morgan fingerprint density at radius 3 is 2.69 bits per heavy atom. The molecule has 0 aliphatic heterocycles. The first-order valence-corrected chi connectivity index (χ1v) is 7.88. The van der Waals surface area contributed by atoms with Gasteiger partial charge in [-0.25, -0.2) is 0 Å². The van der Waals surface area contributed by atoms with Gasteiger partial charge in [-0.3, -0.25) is 4.21 Å². The smallest absolute Gasteiger partial charge is 0.0779 e. The summed E-state index contributed by atoms with van der Waals surface area (Å²) in [6, 6.07) is 0. The Balaban J connectivity index is 2.16. The second kappa shape index (κ2) is 8.20. The van der Waals surface area contributed by atoms with Gasteiger partial charge in [-0.2, -0.15) is 0 Å². The summed E-state index contributed by atoms with van der Waals surface area (Å²) in [7, 11) is -0.832. The van der Waals surface area contributed by atoms with Gasteiger partial charge in [0.15, 0.2) is 0 Å². The van der Waals surface area contributed by atoms with E-state index < -0.39 is 16.9 Å². The molecule has 0 aromatic heterocycles. The lowest BCUT2D eigenvalue weighted by Gasteiger charge is -2.22. The van der Waals surface area contributed by atoms with Crippen LogP contribution < -0.4 is 5.32 Å². The summed E-state index contributed by atoms with van der Waals surface area (Å²) in [6.07, 6.45) is 6.49. The quantitative estimate of drug-likeness (QED) is 0.669. The van der Waals surface area contributed by atoms with Crippen LogP contribution in [0, 0.1) is 0 Å². The van der Waals surface area contributed by atoms with Crippen LogP contribution in [0.15, 0.2) is 0 Å². The topological polar surface area (TPSA) is 49.3 Å². The first-order chi connectivity index (χ1) is 7.74. The number of aliphatic hydroxyl groups is 1. The van der Waals surface area contributed by atoms with Crippen LogP contribution in [0.3, 0.4) is 0 Å². The van der Waals surface area contributed by atoms with Crippen LogP contribution in [0.25, 0.3) is 0 Å². The summed E-state index contributed by atoms with van der Waals surface area (Å²) >= 11 is 0. The summed E-state index contributed by atoms with van der Waals surface area (Å²) in [6.45, 7) is 3.60. The largest absolute Gasteiger partial charge is 0.391 e. The fourth-order valence-corrected chi connectivity index (χ4v) is 3.79. The van der Waals surface area contributed by atoms with Gasteiger partial charge in [0.25, 0.3) is 0 Å². The van der Waals surface area contributed by atoms with Crippen LogP contribution in [-0.4, -0.2) is 39.5 Å². The Labute approximate surface area is 101 Å². The standard InChI is InChI=1S/C12H25NO2S/c1-2-8-13-9-11(14)10-16(15)12-6-4-3-5-7-12/h11-14H,2-10H2,1H3. The van der Waals surface area contributed by atoms with Crippen LogP contribution in [0.4, 0.5) is 0 Å². The third-order valence-electron chi connectivity index (χ3n) is 3.09. The normalized spacial score (nSPS) is 21.9. The van der Waals surface area contributed by atoms with E-state index in [1.807, 2.05) is 0 Å². The summed E-state index contributed by atoms with van der Waals surface area (Å²) < 4.78 is 12.0. The molecule has 16 heavy (non-hydrogen) atoms. The average molecular weight is 247 g/mol. The van der Waals surface area contributed by atoms with Gasteiger partial charge in [0.05, 0.1) is 11.9 Å². The Kier molecular flexibility index (Phi) is 7.25. The van der Waals surface area contributed by atoms with Crippen molar-refractivity contribution in [2.45, 2.75) is 56.8 Å². The molecular weight excluding hydrogens is 222 g/mol. The van der Waals surface area contributed by atoms with Gasteiger partial charge in [-0.1, -0.05) is 26.2 Å². The van der Waals surface area contributed by atoms with E-state index in [1.54, 1.807) is 0 Å². The second-order valence-electron chi connectivity index (χ2n) is 4.67. The van der Waals surface area contributed by atoms with Crippen LogP contribution >= 0.6 is 0 Å². The summed E-state index contributed by atoms with van der Waals surface area (Å²) in [4.78, 5) is 0. The molecule has 4 heteroatoms. The highest BCUT2D eigenvalue weighted by Gasteiger charge is 2.21. The van der Waals surface area contributed by atoms with Crippen LogP contribution in [0.2, 0.25) is 0 Å². The number of hydrogen-bond donors (Lipinski definition) is 2. The van der Waals surface area contributed by atoms with Crippen molar-refractivity contribution in [1.82, 2.24) is 5.32 Å². The number of hydrogen-bond acceptors (Lipinski definition) is 3. The maximum absolute atomic E-state index is 12.0. The predicted octanol–water partition coefficient (Wildman–Crippen LogP) is 1.43. The fourth-order valence-electron chi connectivity index (χ4n) is 2.16. The van der Waals surface area contributed by atoms with Gasteiger partial charge in [0.2, 0.25) is 0 Å². The maximum atomic E-state index is 12.0. The van der Waals surface area contributed by atoms with Crippen LogP contribution in [0.1, 0.15) is 45.4 Å². The van der Waals surface area contributed by atoms with Crippen LogP contribution in [-0.2, 0) is 10.8 Å². The third-order valence-corrected chi connectivity index (χ3v) is 5.02. The van der Waals surface area contributed by atoms with E-state index in [0.717, 1.165) is 25.8 Å². The van der Waals surface area contributed by atoms with Gasteiger partial charge >= 0.3 is 0 Å². The zero-order valence-electron chi connectivity index (χ0n) is 10.3. The lowest BCUT2D eigenvalue weighted by molar-refractivity contribution is 0.194. The number of rotatable bonds is 7. The first-order valence-electron chi connectivity index (χ1n) is 6.50. The zero-order valence-corrected chi connectivity index (χ0v) is 11.1. The molecule has 96 valence electrons. The Morgan fingerprint density at radius 2 is 2.06 bits per heavy atom. The molecule has 0 saturated heterocycles. The van der Waals surface area contributed by atoms with Crippen LogP contribution in [0.5, 0.6) is 0 Å². The first kappa shape index (κ1) is 14.1. The molecule has 2 unspecified atom stereocenters. The van der Waals surface area contributed by atoms with Gasteiger partial charge < -0.3 is 10.4 Å². The van der Waals surface area contributed by atoms with E-state index in [2.05, 4.69) is 12.2 Å². The lowest BCUT2D eigenvalue weighted by atomic mass is 10.0. The monoisotopic (exact) mass is 247 g/mol. The highest BCUT2D eigenvalue weighted by molar-refractivity contribution is 7.85. The minimum atomic E-state index is -0.832. The highest BCUT2D eigenvalue weighted by Crippen LogP contribution is 2.22. The molecule has 0 radical (unpaired) electrons. The van der Waals surface area contributed by atoms with Crippen molar-refractivity contribution in [3.63, 3.8) is 0 Å². The van der Waals surface area contributed by atoms with E-state index in [1.165, 1.54) is 19.3 Å². The van der Waals surface area contributed by atoms with Crippen molar-refractivity contribution in [2.75, 3.05) is 18.8 Å². The summed E-state index contributed by atoms with van der Waals surface area (Å²) in [5.74, 6) is 0.446. The van der Waals surface area contributed by atoms with Gasteiger partial charge in [0, 0.05) is 22.6 Å². The Hall–Kier alpha value is 0.0700. The minimum absolute atomic E-state index is 0.342. The molecule has 0 bridgehead atoms. The van der Waals surface area contributed by atoms with Crippen molar-refractivity contribution in [3.05, 3.63) is 0 Å². The average Bonchev–Trinajstić information content (AvgIpc) is 2.30. The number of aliphatic hydroxyl groups excluding tert-OH is 1. The molecule has 0 heterocycles. The molecule has 1 saturated carbocycles. The van der Waals surface area contributed by atoms with E-state index >= 15 is 0 Å². The van der Waals surface area contributed by atoms with E-state index in [4.69, 9.17) is 0 Å². The predicted molar refractivity (Wildman–Crippen MR) is 69.0 cm³/mol. The Morgan fingerprint density at radius 1 is 1.38 bits per heavy atom. The molecule has 3 nitrogen and oxygen atoms in total. The SMILES string of the molecule is CCCNCC(O)CS(=O)C1CCCCC1. The third kappa shape index (κ3) is 5.41. The van der Waals surface area contributed by atoms with Gasteiger partial charge in [-0.15, -0.1) is 0 Å². The molecule has 0 aromatic carbocycles. The second-order valence-corrected chi connectivity index (χ2v) is 6.43. The molecule has 2 N–H and O–H groups in total.